The minimum absolute atomic E-state index is 0.208. The maximum atomic E-state index is 13.7. The van der Waals surface area contributed by atoms with Crippen molar-refractivity contribution in [2.75, 3.05) is 0 Å². The van der Waals surface area contributed by atoms with Gasteiger partial charge in [-0.15, -0.1) is 0 Å². The van der Waals surface area contributed by atoms with Crippen molar-refractivity contribution in [3.05, 3.63) is 103 Å². The Morgan fingerprint density at radius 1 is 0.793 bits per heavy atom. The molecule has 0 spiro atoms. The Bertz CT molecular complexity index is 1320. The number of pyridine rings is 2. The first kappa shape index (κ1) is 17.3. The molecule has 0 aliphatic carbocycles. The van der Waals surface area contributed by atoms with E-state index in [0.717, 1.165) is 39.3 Å². The second kappa shape index (κ2) is 6.99. The average molecular weight is 379 g/mol. The van der Waals surface area contributed by atoms with E-state index < -0.39 is 0 Å². The Kier molecular flexibility index (Phi) is 4.17. The lowest BCUT2D eigenvalue weighted by molar-refractivity contribution is 0.619. The molecular weight excluding hydrogens is 361 g/mol. The van der Waals surface area contributed by atoms with E-state index in [1.165, 1.54) is 6.07 Å². The number of nitrogens with zero attached hydrogens (tertiary/aromatic N) is 3. The molecule has 5 rings (SSSR count). The highest BCUT2D eigenvalue weighted by molar-refractivity contribution is 5.82. The van der Waals surface area contributed by atoms with E-state index in [9.17, 15) is 4.39 Å². The summed E-state index contributed by atoms with van der Waals surface area (Å²) in [5.74, 6) is 0.702. The molecule has 0 saturated carbocycles. The Labute approximate surface area is 168 Å². The van der Waals surface area contributed by atoms with Crippen molar-refractivity contribution in [2.24, 2.45) is 0 Å². The number of hydrogen-bond acceptors (Lipinski definition) is 2. The summed E-state index contributed by atoms with van der Waals surface area (Å²) in [5.41, 5.74) is 6.47. The molecule has 2 aromatic carbocycles. The third-order valence-corrected chi connectivity index (χ3v) is 5.11. The molecule has 3 heterocycles. The highest BCUT2D eigenvalue weighted by Crippen LogP contribution is 2.32. The largest absolute Gasteiger partial charge is 0.300 e. The Morgan fingerprint density at radius 2 is 1.66 bits per heavy atom. The molecule has 0 fully saturated rings. The van der Waals surface area contributed by atoms with E-state index in [2.05, 4.69) is 38.6 Å². The molecule has 0 saturated heterocycles. The molecule has 0 unspecified atom stereocenters. The highest BCUT2D eigenvalue weighted by Gasteiger charge is 2.12. The van der Waals surface area contributed by atoms with Gasteiger partial charge in [-0.25, -0.2) is 9.37 Å². The molecule has 3 aromatic heterocycles. The number of aromatic nitrogens is 3. The van der Waals surface area contributed by atoms with Crippen molar-refractivity contribution in [1.82, 2.24) is 14.4 Å². The third kappa shape index (κ3) is 3.09. The van der Waals surface area contributed by atoms with Crippen molar-refractivity contribution in [2.45, 2.75) is 6.92 Å². The van der Waals surface area contributed by atoms with Crippen molar-refractivity contribution >= 4 is 5.52 Å². The monoisotopic (exact) mass is 379 g/mol. The van der Waals surface area contributed by atoms with Gasteiger partial charge in [0.25, 0.3) is 0 Å². The fraction of sp³-hybridized carbons (Fsp3) is 0.0400. The second-order valence-corrected chi connectivity index (χ2v) is 7.02. The van der Waals surface area contributed by atoms with E-state index in [1.54, 1.807) is 19.2 Å². The van der Waals surface area contributed by atoms with Crippen LogP contribution >= 0.6 is 0 Å². The molecule has 0 amide bonds. The molecule has 29 heavy (non-hydrogen) atoms. The number of halogens is 1. The third-order valence-electron chi connectivity index (χ3n) is 5.11. The maximum Gasteiger partial charge on any atom is 0.144 e. The number of benzene rings is 2. The van der Waals surface area contributed by atoms with Crippen LogP contribution in [-0.4, -0.2) is 14.4 Å². The molecule has 3 nitrogen and oxygen atoms in total. The van der Waals surface area contributed by atoms with Crippen molar-refractivity contribution in [3.8, 4) is 33.8 Å². The Hall–Kier alpha value is -3.79. The molecule has 0 atom stereocenters. The molecule has 5 aromatic rings. The number of fused-ring (bicyclic) bond motifs is 1. The quantitative estimate of drug-likeness (QED) is 0.375. The molecule has 0 radical (unpaired) electrons. The van der Waals surface area contributed by atoms with E-state index in [1.807, 2.05) is 48.8 Å². The normalized spacial score (nSPS) is 11.1. The molecule has 0 aliphatic heterocycles. The first-order chi connectivity index (χ1) is 14.2. The predicted molar refractivity (Wildman–Crippen MR) is 114 cm³/mol. The first-order valence-corrected chi connectivity index (χ1v) is 9.45. The topological polar surface area (TPSA) is 30.2 Å². The highest BCUT2D eigenvalue weighted by atomic mass is 19.1. The Morgan fingerprint density at radius 3 is 2.48 bits per heavy atom. The lowest BCUT2D eigenvalue weighted by Crippen LogP contribution is -1.93. The SMILES string of the molecule is Cc1cc(-c2ncccc2-c2ccn3c(-c4ccccc4)ncc3c2)ccc1F. The van der Waals surface area contributed by atoms with Gasteiger partial charge in [0.15, 0.2) is 0 Å². The summed E-state index contributed by atoms with van der Waals surface area (Å²) >= 11 is 0. The number of imidazole rings is 1. The summed E-state index contributed by atoms with van der Waals surface area (Å²) in [6.07, 6.45) is 5.68. The van der Waals surface area contributed by atoms with E-state index >= 15 is 0 Å². The van der Waals surface area contributed by atoms with Gasteiger partial charge in [-0.3, -0.25) is 9.38 Å². The Balaban J connectivity index is 1.63. The van der Waals surface area contributed by atoms with Gasteiger partial charge in [0, 0.05) is 29.1 Å². The van der Waals surface area contributed by atoms with Crippen LogP contribution in [0.5, 0.6) is 0 Å². The van der Waals surface area contributed by atoms with Gasteiger partial charge in [-0.05, 0) is 54.4 Å². The van der Waals surface area contributed by atoms with Gasteiger partial charge in [-0.1, -0.05) is 36.4 Å². The van der Waals surface area contributed by atoms with E-state index in [4.69, 9.17) is 0 Å². The molecule has 140 valence electrons. The van der Waals surface area contributed by atoms with Crippen LogP contribution in [0.2, 0.25) is 0 Å². The van der Waals surface area contributed by atoms with Crippen LogP contribution in [0.15, 0.2) is 91.4 Å². The maximum absolute atomic E-state index is 13.7. The van der Waals surface area contributed by atoms with Crippen LogP contribution in [0.3, 0.4) is 0 Å². The summed E-state index contributed by atoms with van der Waals surface area (Å²) < 4.78 is 15.8. The minimum atomic E-state index is -0.208. The van der Waals surface area contributed by atoms with Gasteiger partial charge in [0.1, 0.15) is 11.6 Å². The van der Waals surface area contributed by atoms with Crippen LogP contribution in [0.1, 0.15) is 5.56 Å². The summed E-state index contributed by atoms with van der Waals surface area (Å²) in [6, 6.07) is 23.4. The summed E-state index contributed by atoms with van der Waals surface area (Å²) in [5, 5.41) is 0. The zero-order valence-electron chi connectivity index (χ0n) is 15.9. The zero-order chi connectivity index (χ0) is 19.8. The number of hydrogen-bond donors (Lipinski definition) is 0. The molecule has 0 bridgehead atoms. The number of rotatable bonds is 3. The number of aryl methyl sites for hydroxylation is 1. The van der Waals surface area contributed by atoms with Gasteiger partial charge < -0.3 is 0 Å². The van der Waals surface area contributed by atoms with Crippen LogP contribution in [0, 0.1) is 12.7 Å². The van der Waals surface area contributed by atoms with Gasteiger partial charge >= 0.3 is 0 Å². The second-order valence-electron chi connectivity index (χ2n) is 7.02. The standard InChI is InChI=1S/C25H18FN3/c1-17-14-20(9-10-23(17)26)24-22(8-5-12-27-24)19-11-13-29-21(15-19)16-28-25(29)18-6-3-2-4-7-18/h2-16H,1H3. The fourth-order valence-electron chi connectivity index (χ4n) is 3.63. The molecule has 0 aliphatic rings. The van der Waals surface area contributed by atoms with Crippen molar-refractivity contribution in [1.29, 1.82) is 0 Å². The van der Waals surface area contributed by atoms with Crippen molar-refractivity contribution < 1.29 is 4.39 Å². The summed E-state index contributed by atoms with van der Waals surface area (Å²) in [7, 11) is 0. The van der Waals surface area contributed by atoms with Gasteiger partial charge in [0.05, 0.1) is 17.4 Å². The molecular formula is C25H18FN3. The van der Waals surface area contributed by atoms with Gasteiger partial charge in [-0.2, -0.15) is 0 Å². The average Bonchev–Trinajstić information content (AvgIpc) is 3.19. The lowest BCUT2D eigenvalue weighted by atomic mass is 9.99. The predicted octanol–water partition coefficient (Wildman–Crippen LogP) is 6.18. The van der Waals surface area contributed by atoms with Crippen LogP contribution in [0.4, 0.5) is 4.39 Å². The minimum Gasteiger partial charge on any atom is -0.300 e. The van der Waals surface area contributed by atoms with Crippen LogP contribution < -0.4 is 0 Å². The zero-order valence-corrected chi connectivity index (χ0v) is 15.9. The van der Waals surface area contributed by atoms with E-state index in [-0.39, 0.29) is 5.82 Å². The van der Waals surface area contributed by atoms with E-state index in [0.29, 0.717) is 5.56 Å². The fourth-order valence-corrected chi connectivity index (χ4v) is 3.63. The lowest BCUT2D eigenvalue weighted by Gasteiger charge is -2.11. The molecule has 0 N–H and O–H groups in total. The summed E-state index contributed by atoms with van der Waals surface area (Å²) in [6.45, 7) is 1.77. The van der Waals surface area contributed by atoms with Crippen LogP contribution in [0.25, 0.3) is 39.3 Å². The van der Waals surface area contributed by atoms with Crippen molar-refractivity contribution in [3.63, 3.8) is 0 Å². The molecule has 4 heteroatoms. The smallest absolute Gasteiger partial charge is 0.144 e. The van der Waals surface area contributed by atoms with Crippen LogP contribution in [-0.2, 0) is 0 Å². The summed E-state index contributed by atoms with van der Waals surface area (Å²) in [4.78, 5) is 9.19. The van der Waals surface area contributed by atoms with Gasteiger partial charge in [0.2, 0.25) is 0 Å². The first-order valence-electron chi connectivity index (χ1n) is 9.45.